The highest BCUT2D eigenvalue weighted by atomic mass is 32.2. The van der Waals surface area contributed by atoms with Crippen LogP contribution in [0.2, 0.25) is 0 Å². The maximum atomic E-state index is 12.2. The minimum absolute atomic E-state index is 0.152. The smallest absolute Gasteiger partial charge is 0.337 e. The average Bonchev–Trinajstić information content (AvgIpc) is 3.07. The van der Waals surface area contributed by atoms with Gasteiger partial charge in [-0.05, 0) is 35.4 Å². The summed E-state index contributed by atoms with van der Waals surface area (Å²) in [5.74, 6) is 0.613. The standard InChI is InChI=1S/C17H17NO6S/c1-22-17(19)14-5-2-12(3-6-14)10-25(20,21)18-9-13-4-7-15-16(8-13)24-11-23-15/h2-8,18H,9-11H2,1H3. The number of fused-ring (bicyclic) bond motifs is 1. The molecule has 7 nitrogen and oxygen atoms in total. The molecule has 25 heavy (non-hydrogen) atoms. The Balaban J connectivity index is 1.61. The topological polar surface area (TPSA) is 90.9 Å². The van der Waals surface area contributed by atoms with Crippen molar-refractivity contribution in [1.29, 1.82) is 0 Å². The molecular weight excluding hydrogens is 346 g/mol. The van der Waals surface area contributed by atoms with E-state index in [1.54, 1.807) is 30.3 Å². The summed E-state index contributed by atoms with van der Waals surface area (Å²) >= 11 is 0. The molecule has 3 rings (SSSR count). The zero-order chi connectivity index (χ0) is 17.9. The van der Waals surface area contributed by atoms with Crippen LogP contribution in [0.1, 0.15) is 21.5 Å². The van der Waals surface area contributed by atoms with Gasteiger partial charge in [-0.15, -0.1) is 0 Å². The number of hydrogen-bond donors (Lipinski definition) is 1. The van der Waals surface area contributed by atoms with E-state index in [1.165, 1.54) is 19.2 Å². The first-order chi connectivity index (χ1) is 12.0. The molecule has 0 spiro atoms. The van der Waals surface area contributed by atoms with Crippen LogP contribution in [0.4, 0.5) is 0 Å². The predicted octanol–water partition coefficient (Wildman–Crippen LogP) is 1.82. The highest BCUT2D eigenvalue weighted by molar-refractivity contribution is 7.88. The van der Waals surface area contributed by atoms with Gasteiger partial charge in [0.15, 0.2) is 11.5 Å². The van der Waals surface area contributed by atoms with Gasteiger partial charge in [0, 0.05) is 6.54 Å². The first kappa shape index (κ1) is 17.2. The van der Waals surface area contributed by atoms with E-state index in [4.69, 9.17) is 9.47 Å². The lowest BCUT2D eigenvalue weighted by Gasteiger charge is -2.08. The maximum Gasteiger partial charge on any atom is 0.337 e. The van der Waals surface area contributed by atoms with Crippen molar-refractivity contribution in [3.05, 3.63) is 59.2 Å². The summed E-state index contributed by atoms with van der Waals surface area (Å²) in [5.41, 5.74) is 1.72. The lowest BCUT2D eigenvalue weighted by atomic mass is 10.1. The summed E-state index contributed by atoms with van der Waals surface area (Å²) < 4.78 is 42.1. The van der Waals surface area contributed by atoms with E-state index in [9.17, 15) is 13.2 Å². The Morgan fingerprint density at radius 3 is 2.48 bits per heavy atom. The molecule has 0 saturated heterocycles. The van der Waals surface area contributed by atoms with Gasteiger partial charge in [0.1, 0.15) is 0 Å². The molecule has 0 atom stereocenters. The van der Waals surface area contributed by atoms with Gasteiger partial charge in [-0.1, -0.05) is 18.2 Å². The molecular formula is C17H17NO6S. The fraction of sp³-hybridized carbons (Fsp3) is 0.235. The third kappa shape index (κ3) is 4.28. The summed E-state index contributed by atoms with van der Waals surface area (Å²) in [6.07, 6.45) is 0. The molecule has 0 fully saturated rings. The molecule has 0 saturated carbocycles. The van der Waals surface area contributed by atoms with Gasteiger partial charge in [-0.3, -0.25) is 0 Å². The fourth-order valence-corrected chi connectivity index (χ4v) is 3.49. The van der Waals surface area contributed by atoms with Crippen molar-refractivity contribution in [3.63, 3.8) is 0 Å². The van der Waals surface area contributed by atoms with Crippen molar-refractivity contribution < 1.29 is 27.4 Å². The van der Waals surface area contributed by atoms with Crippen molar-refractivity contribution in [2.45, 2.75) is 12.3 Å². The van der Waals surface area contributed by atoms with Crippen LogP contribution >= 0.6 is 0 Å². The van der Waals surface area contributed by atoms with Gasteiger partial charge in [0.2, 0.25) is 16.8 Å². The molecule has 0 radical (unpaired) electrons. The Labute approximate surface area is 145 Å². The van der Waals surface area contributed by atoms with Crippen LogP contribution in [0.15, 0.2) is 42.5 Å². The minimum Gasteiger partial charge on any atom is -0.465 e. The minimum atomic E-state index is -3.52. The van der Waals surface area contributed by atoms with Gasteiger partial charge in [-0.25, -0.2) is 17.9 Å². The van der Waals surface area contributed by atoms with Crippen molar-refractivity contribution in [1.82, 2.24) is 4.72 Å². The lowest BCUT2D eigenvalue weighted by molar-refractivity contribution is 0.0600. The Morgan fingerprint density at radius 1 is 1.08 bits per heavy atom. The average molecular weight is 363 g/mol. The number of ether oxygens (including phenoxy) is 3. The quantitative estimate of drug-likeness (QED) is 0.788. The summed E-state index contributed by atoms with van der Waals surface area (Å²) in [6.45, 7) is 0.325. The second-order valence-electron chi connectivity index (χ2n) is 5.46. The molecule has 0 amide bonds. The number of esters is 1. The molecule has 1 aliphatic heterocycles. The van der Waals surface area contributed by atoms with Gasteiger partial charge in [-0.2, -0.15) is 0 Å². The monoisotopic (exact) mass is 363 g/mol. The van der Waals surface area contributed by atoms with Crippen LogP contribution in [0.25, 0.3) is 0 Å². The number of rotatable bonds is 6. The van der Waals surface area contributed by atoms with Crippen LogP contribution in [-0.4, -0.2) is 28.3 Å². The number of methoxy groups -OCH3 is 1. The van der Waals surface area contributed by atoms with E-state index in [1.807, 2.05) is 0 Å². The number of sulfonamides is 1. The zero-order valence-electron chi connectivity index (χ0n) is 13.5. The number of carbonyl (C=O) groups excluding carboxylic acids is 1. The third-order valence-corrected chi connectivity index (χ3v) is 4.96. The summed E-state index contributed by atoms with van der Waals surface area (Å²) in [7, 11) is -2.23. The van der Waals surface area contributed by atoms with Crippen LogP contribution in [0, 0.1) is 0 Å². The SMILES string of the molecule is COC(=O)c1ccc(CS(=O)(=O)NCc2ccc3c(c2)OCO3)cc1. The van der Waals surface area contributed by atoms with Crippen LogP contribution < -0.4 is 14.2 Å². The molecule has 1 aliphatic rings. The van der Waals surface area contributed by atoms with E-state index in [2.05, 4.69) is 9.46 Å². The number of benzene rings is 2. The van der Waals surface area contributed by atoms with E-state index in [-0.39, 0.29) is 19.1 Å². The van der Waals surface area contributed by atoms with Gasteiger partial charge >= 0.3 is 5.97 Å². The Morgan fingerprint density at radius 2 is 1.76 bits per heavy atom. The molecule has 0 aromatic heterocycles. The number of nitrogens with one attached hydrogen (secondary N) is 1. The fourth-order valence-electron chi connectivity index (χ4n) is 2.37. The van der Waals surface area contributed by atoms with Crippen LogP contribution in [-0.2, 0) is 27.1 Å². The first-order valence-electron chi connectivity index (χ1n) is 7.50. The van der Waals surface area contributed by atoms with E-state index in [0.717, 1.165) is 5.56 Å². The number of carbonyl (C=O) groups is 1. The van der Waals surface area contributed by atoms with Crippen molar-refractivity contribution in [2.75, 3.05) is 13.9 Å². The first-order valence-corrected chi connectivity index (χ1v) is 9.15. The molecule has 1 heterocycles. The van der Waals surface area contributed by atoms with Crippen LogP contribution in [0.3, 0.4) is 0 Å². The highest BCUT2D eigenvalue weighted by Crippen LogP contribution is 2.32. The normalized spacial score (nSPS) is 12.8. The molecule has 1 N–H and O–H groups in total. The summed E-state index contributed by atoms with van der Waals surface area (Å²) in [6, 6.07) is 11.5. The lowest BCUT2D eigenvalue weighted by Crippen LogP contribution is -2.24. The summed E-state index contributed by atoms with van der Waals surface area (Å²) in [4.78, 5) is 11.4. The predicted molar refractivity (Wildman–Crippen MR) is 89.8 cm³/mol. The Hall–Kier alpha value is -2.58. The second-order valence-corrected chi connectivity index (χ2v) is 7.26. The third-order valence-electron chi connectivity index (χ3n) is 3.66. The zero-order valence-corrected chi connectivity index (χ0v) is 14.3. The Bertz CT molecular complexity index is 877. The van der Waals surface area contributed by atoms with Gasteiger partial charge in [0.05, 0.1) is 18.4 Å². The van der Waals surface area contributed by atoms with Crippen molar-refractivity contribution >= 4 is 16.0 Å². The molecule has 0 unspecified atom stereocenters. The molecule has 0 bridgehead atoms. The molecule has 2 aromatic carbocycles. The highest BCUT2D eigenvalue weighted by Gasteiger charge is 2.16. The number of hydrogen-bond acceptors (Lipinski definition) is 6. The van der Waals surface area contributed by atoms with Gasteiger partial charge < -0.3 is 14.2 Å². The van der Waals surface area contributed by atoms with Crippen molar-refractivity contribution in [3.8, 4) is 11.5 Å². The summed E-state index contributed by atoms with van der Waals surface area (Å²) in [5, 5.41) is 0. The molecule has 2 aromatic rings. The van der Waals surface area contributed by atoms with E-state index in [0.29, 0.717) is 22.6 Å². The molecule has 132 valence electrons. The second kappa shape index (κ2) is 7.12. The van der Waals surface area contributed by atoms with Gasteiger partial charge in [0.25, 0.3) is 0 Å². The van der Waals surface area contributed by atoms with E-state index < -0.39 is 16.0 Å². The van der Waals surface area contributed by atoms with Crippen LogP contribution in [0.5, 0.6) is 11.5 Å². The van der Waals surface area contributed by atoms with E-state index >= 15 is 0 Å². The van der Waals surface area contributed by atoms with Crippen molar-refractivity contribution in [2.24, 2.45) is 0 Å². The largest absolute Gasteiger partial charge is 0.465 e. The molecule has 0 aliphatic carbocycles. The molecule has 8 heteroatoms. The maximum absolute atomic E-state index is 12.2. The Kier molecular flexibility index (Phi) is 4.91.